The molecular weight excluding hydrogens is 188 g/mol. The molecule has 0 aromatic heterocycles. The molecule has 2 N–H and O–H groups in total. The summed E-state index contributed by atoms with van der Waals surface area (Å²) in [5, 5.41) is 0. The number of benzene rings is 1. The van der Waals surface area contributed by atoms with Crippen molar-refractivity contribution in [3.8, 4) is 0 Å². The minimum atomic E-state index is 0.0838. The van der Waals surface area contributed by atoms with Crippen LogP contribution in [0.3, 0.4) is 0 Å². The second kappa shape index (κ2) is 4.03. The van der Waals surface area contributed by atoms with Gasteiger partial charge in [0.15, 0.2) is 0 Å². The third kappa shape index (κ3) is 2.18. The van der Waals surface area contributed by atoms with Gasteiger partial charge in [-0.2, -0.15) is 0 Å². The monoisotopic (exact) mass is 204 g/mol. The third-order valence-electron chi connectivity index (χ3n) is 2.87. The second-order valence-corrected chi connectivity index (χ2v) is 4.18. The molecule has 1 aromatic carbocycles. The first kappa shape index (κ1) is 10.2. The Hall–Kier alpha value is -1.35. The lowest BCUT2D eigenvalue weighted by Gasteiger charge is -2.09. The number of fused-ring (bicyclic) bond motifs is 1. The Bertz CT molecular complexity index is 387. The molecule has 1 heterocycles. The number of carbonyl (C=O) groups excluding carboxylic acids is 1. The SMILES string of the molecule is CC(=O)C1CNNc2ccc(C)cc2C1. The van der Waals surface area contributed by atoms with Crippen molar-refractivity contribution in [3.63, 3.8) is 0 Å². The van der Waals surface area contributed by atoms with E-state index in [0.29, 0.717) is 6.54 Å². The van der Waals surface area contributed by atoms with Crippen molar-refractivity contribution in [2.75, 3.05) is 12.0 Å². The van der Waals surface area contributed by atoms with E-state index in [1.807, 2.05) is 0 Å². The first-order valence-corrected chi connectivity index (χ1v) is 5.25. The predicted molar refractivity (Wildman–Crippen MR) is 60.7 cm³/mol. The molecule has 1 atom stereocenters. The number of aryl methyl sites for hydroxylation is 1. The minimum Gasteiger partial charge on any atom is -0.321 e. The van der Waals surface area contributed by atoms with Crippen LogP contribution in [-0.4, -0.2) is 12.3 Å². The number of anilines is 1. The van der Waals surface area contributed by atoms with Gasteiger partial charge in [-0.15, -0.1) is 0 Å². The largest absolute Gasteiger partial charge is 0.321 e. The van der Waals surface area contributed by atoms with Crippen LogP contribution < -0.4 is 10.9 Å². The molecule has 1 unspecified atom stereocenters. The highest BCUT2D eigenvalue weighted by Crippen LogP contribution is 2.22. The molecule has 15 heavy (non-hydrogen) atoms. The lowest BCUT2D eigenvalue weighted by molar-refractivity contribution is -0.120. The van der Waals surface area contributed by atoms with Gasteiger partial charge in [-0.25, -0.2) is 5.43 Å². The van der Waals surface area contributed by atoms with Crippen LogP contribution in [-0.2, 0) is 11.2 Å². The topological polar surface area (TPSA) is 41.1 Å². The molecule has 0 aliphatic carbocycles. The van der Waals surface area contributed by atoms with Crippen molar-refractivity contribution in [2.45, 2.75) is 20.3 Å². The average Bonchev–Trinajstić information content (AvgIpc) is 2.39. The number of ketones is 1. The van der Waals surface area contributed by atoms with E-state index in [0.717, 1.165) is 12.1 Å². The van der Waals surface area contributed by atoms with Gasteiger partial charge >= 0.3 is 0 Å². The molecule has 0 saturated heterocycles. The van der Waals surface area contributed by atoms with Gasteiger partial charge in [-0.05, 0) is 31.9 Å². The van der Waals surface area contributed by atoms with Crippen LogP contribution in [0.25, 0.3) is 0 Å². The van der Waals surface area contributed by atoms with Crippen LogP contribution in [0.4, 0.5) is 5.69 Å². The molecule has 80 valence electrons. The summed E-state index contributed by atoms with van der Waals surface area (Å²) in [6.45, 7) is 4.43. The lowest BCUT2D eigenvalue weighted by atomic mass is 9.95. The van der Waals surface area contributed by atoms with Crippen LogP contribution in [0.1, 0.15) is 18.1 Å². The molecule has 0 amide bonds. The Morgan fingerprint density at radius 3 is 3.00 bits per heavy atom. The van der Waals surface area contributed by atoms with Crippen molar-refractivity contribution in [2.24, 2.45) is 5.92 Å². The van der Waals surface area contributed by atoms with E-state index < -0.39 is 0 Å². The average molecular weight is 204 g/mol. The summed E-state index contributed by atoms with van der Waals surface area (Å²) in [4.78, 5) is 11.4. The minimum absolute atomic E-state index is 0.0838. The van der Waals surface area contributed by atoms with E-state index in [-0.39, 0.29) is 11.7 Å². The van der Waals surface area contributed by atoms with Crippen LogP contribution in [0.5, 0.6) is 0 Å². The Morgan fingerprint density at radius 2 is 2.27 bits per heavy atom. The quantitative estimate of drug-likeness (QED) is 0.731. The number of rotatable bonds is 1. The smallest absolute Gasteiger partial charge is 0.134 e. The summed E-state index contributed by atoms with van der Waals surface area (Å²) in [5.74, 6) is 0.333. The van der Waals surface area contributed by atoms with E-state index in [4.69, 9.17) is 0 Å². The molecule has 0 bridgehead atoms. The summed E-state index contributed by atoms with van der Waals surface area (Å²) in [5.41, 5.74) is 9.76. The maximum absolute atomic E-state index is 11.4. The predicted octanol–water partition coefficient (Wildman–Crippen LogP) is 1.67. The third-order valence-corrected chi connectivity index (χ3v) is 2.87. The van der Waals surface area contributed by atoms with Crippen LogP contribution in [0, 0.1) is 12.8 Å². The molecule has 0 saturated carbocycles. The van der Waals surface area contributed by atoms with E-state index >= 15 is 0 Å². The highest BCUT2D eigenvalue weighted by atomic mass is 16.1. The fourth-order valence-electron chi connectivity index (χ4n) is 1.91. The highest BCUT2D eigenvalue weighted by molar-refractivity contribution is 5.79. The van der Waals surface area contributed by atoms with Gasteiger partial charge in [0.2, 0.25) is 0 Å². The Morgan fingerprint density at radius 1 is 1.47 bits per heavy atom. The molecule has 2 rings (SSSR count). The fourth-order valence-corrected chi connectivity index (χ4v) is 1.91. The van der Waals surface area contributed by atoms with E-state index in [2.05, 4.69) is 36.0 Å². The lowest BCUT2D eigenvalue weighted by Crippen LogP contribution is -2.29. The summed E-state index contributed by atoms with van der Waals surface area (Å²) in [6, 6.07) is 6.27. The van der Waals surface area contributed by atoms with Gasteiger partial charge in [0.1, 0.15) is 5.78 Å². The summed E-state index contributed by atoms with van der Waals surface area (Å²) in [7, 11) is 0. The zero-order chi connectivity index (χ0) is 10.8. The summed E-state index contributed by atoms with van der Waals surface area (Å²) < 4.78 is 0. The van der Waals surface area contributed by atoms with Gasteiger partial charge in [0.05, 0.1) is 5.69 Å². The first-order valence-electron chi connectivity index (χ1n) is 5.25. The van der Waals surface area contributed by atoms with Gasteiger partial charge in [0, 0.05) is 12.5 Å². The van der Waals surface area contributed by atoms with E-state index in [9.17, 15) is 4.79 Å². The number of carbonyl (C=O) groups is 1. The Kier molecular flexibility index (Phi) is 2.73. The van der Waals surface area contributed by atoms with Crippen molar-refractivity contribution in [1.82, 2.24) is 5.43 Å². The molecule has 0 radical (unpaired) electrons. The van der Waals surface area contributed by atoms with Crippen molar-refractivity contribution < 1.29 is 4.79 Å². The van der Waals surface area contributed by atoms with Crippen molar-refractivity contribution in [1.29, 1.82) is 0 Å². The molecular formula is C12H16N2O. The van der Waals surface area contributed by atoms with Crippen molar-refractivity contribution in [3.05, 3.63) is 29.3 Å². The number of hydrogen-bond acceptors (Lipinski definition) is 3. The molecule has 0 spiro atoms. The van der Waals surface area contributed by atoms with Gasteiger partial charge < -0.3 is 5.43 Å². The summed E-state index contributed by atoms with van der Waals surface area (Å²) >= 11 is 0. The summed E-state index contributed by atoms with van der Waals surface area (Å²) in [6.07, 6.45) is 0.826. The molecule has 1 aliphatic rings. The molecule has 3 nitrogen and oxygen atoms in total. The zero-order valence-corrected chi connectivity index (χ0v) is 9.13. The van der Waals surface area contributed by atoms with Crippen molar-refractivity contribution >= 4 is 11.5 Å². The Labute approximate surface area is 89.8 Å². The van der Waals surface area contributed by atoms with E-state index in [1.54, 1.807) is 6.92 Å². The second-order valence-electron chi connectivity index (χ2n) is 4.18. The normalized spacial score (nSPS) is 20.0. The van der Waals surface area contributed by atoms with Gasteiger partial charge in [-0.1, -0.05) is 17.7 Å². The zero-order valence-electron chi connectivity index (χ0n) is 9.13. The number of hydrogen-bond donors (Lipinski definition) is 2. The molecule has 1 aromatic rings. The van der Waals surface area contributed by atoms with Crippen LogP contribution in [0.15, 0.2) is 18.2 Å². The van der Waals surface area contributed by atoms with E-state index in [1.165, 1.54) is 11.1 Å². The maximum Gasteiger partial charge on any atom is 0.134 e. The Balaban J connectivity index is 2.31. The number of hydrazine groups is 1. The number of nitrogens with one attached hydrogen (secondary N) is 2. The van der Waals surface area contributed by atoms with Gasteiger partial charge in [-0.3, -0.25) is 4.79 Å². The maximum atomic E-state index is 11.4. The van der Waals surface area contributed by atoms with Crippen LogP contribution in [0.2, 0.25) is 0 Å². The standard InChI is InChI=1S/C12H16N2O/c1-8-3-4-12-10(5-8)6-11(9(2)15)7-13-14-12/h3-5,11,13-14H,6-7H2,1-2H3. The fraction of sp³-hybridized carbons (Fsp3) is 0.417. The highest BCUT2D eigenvalue weighted by Gasteiger charge is 2.19. The number of Topliss-reactive ketones (excluding diaryl/α,β-unsaturated/α-hetero) is 1. The first-order chi connectivity index (χ1) is 7.16. The van der Waals surface area contributed by atoms with Gasteiger partial charge in [0.25, 0.3) is 0 Å². The van der Waals surface area contributed by atoms with Crippen LogP contribution >= 0.6 is 0 Å². The molecule has 0 fully saturated rings. The molecule has 3 heteroatoms. The molecule has 1 aliphatic heterocycles.